The Kier molecular flexibility index (Phi) is 8.05. The molecule has 0 aliphatic rings. The zero-order valence-electron chi connectivity index (χ0n) is 16.4. The van der Waals surface area contributed by atoms with Gasteiger partial charge in [-0.05, 0) is 54.2 Å². The third-order valence-electron chi connectivity index (χ3n) is 4.53. The van der Waals surface area contributed by atoms with Crippen molar-refractivity contribution in [1.29, 1.82) is 0 Å². The molecule has 144 valence electrons. The highest BCUT2D eigenvalue weighted by atomic mass is 16.5. The summed E-state index contributed by atoms with van der Waals surface area (Å²) in [5, 5.41) is 0. The largest absolute Gasteiger partial charge is 0.462 e. The van der Waals surface area contributed by atoms with Crippen molar-refractivity contribution >= 4 is 11.9 Å². The van der Waals surface area contributed by atoms with Gasteiger partial charge in [0.2, 0.25) is 0 Å². The van der Waals surface area contributed by atoms with Gasteiger partial charge in [-0.15, -0.1) is 0 Å². The SMILES string of the molecule is CCCC(=O)Oc1ccc(-c2ccc(C(=O)OCCC(C)CC)cc2)cc1. The van der Waals surface area contributed by atoms with Crippen LogP contribution in [-0.4, -0.2) is 18.5 Å². The van der Waals surface area contributed by atoms with Gasteiger partial charge in [0.1, 0.15) is 5.75 Å². The van der Waals surface area contributed by atoms with Gasteiger partial charge in [0.25, 0.3) is 0 Å². The van der Waals surface area contributed by atoms with Gasteiger partial charge in [-0.25, -0.2) is 4.79 Å². The molecule has 0 N–H and O–H groups in total. The third-order valence-corrected chi connectivity index (χ3v) is 4.53. The Bertz CT molecular complexity index is 732. The van der Waals surface area contributed by atoms with E-state index in [1.54, 1.807) is 24.3 Å². The molecule has 0 bridgehead atoms. The van der Waals surface area contributed by atoms with E-state index in [0.717, 1.165) is 30.4 Å². The fourth-order valence-electron chi connectivity index (χ4n) is 2.54. The van der Waals surface area contributed by atoms with Gasteiger partial charge in [0.15, 0.2) is 0 Å². The fraction of sp³-hybridized carbons (Fsp3) is 0.391. The smallest absolute Gasteiger partial charge is 0.338 e. The standard InChI is InChI=1S/C23H28O4/c1-4-6-22(24)27-21-13-11-19(12-14-21)18-7-9-20(10-8-18)23(25)26-16-15-17(3)5-2/h7-14,17H,4-6,15-16H2,1-3H3. The van der Waals surface area contributed by atoms with Gasteiger partial charge in [-0.2, -0.15) is 0 Å². The van der Waals surface area contributed by atoms with Crippen molar-refractivity contribution in [3.63, 3.8) is 0 Å². The quantitative estimate of drug-likeness (QED) is 0.424. The van der Waals surface area contributed by atoms with Crippen molar-refractivity contribution in [2.24, 2.45) is 5.92 Å². The number of esters is 2. The molecule has 1 unspecified atom stereocenters. The number of carbonyl (C=O) groups is 2. The molecule has 1 atom stereocenters. The van der Waals surface area contributed by atoms with E-state index < -0.39 is 0 Å². The van der Waals surface area contributed by atoms with Crippen LogP contribution in [-0.2, 0) is 9.53 Å². The molecule has 0 spiro atoms. The summed E-state index contributed by atoms with van der Waals surface area (Å²) in [5.74, 6) is 0.590. The lowest BCUT2D eigenvalue weighted by molar-refractivity contribution is -0.134. The number of hydrogen-bond acceptors (Lipinski definition) is 4. The summed E-state index contributed by atoms with van der Waals surface area (Å²) in [6.45, 7) is 6.68. The molecule has 0 aliphatic heterocycles. The van der Waals surface area contributed by atoms with Crippen LogP contribution in [0.5, 0.6) is 5.75 Å². The van der Waals surface area contributed by atoms with Crippen molar-refractivity contribution in [2.45, 2.75) is 46.5 Å². The second-order valence-corrected chi connectivity index (χ2v) is 6.76. The number of hydrogen-bond donors (Lipinski definition) is 0. The van der Waals surface area contributed by atoms with E-state index in [9.17, 15) is 9.59 Å². The van der Waals surface area contributed by atoms with Crippen LogP contribution in [0.25, 0.3) is 11.1 Å². The summed E-state index contributed by atoms with van der Waals surface area (Å²) in [6.07, 6.45) is 3.15. The molecule has 0 amide bonds. The maximum absolute atomic E-state index is 12.1. The van der Waals surface area contributed by atoms with Crippen molar-refractivity contribution < 1.29 is 19.1 Å². The second-order valence-electron chi connectivity index (χ2n) is 6.76. The first-order chi connectivity index (χ1) is 13.0. The average Bonchev–Trinajstić information content (AvgIpc) is 2.68. The highest BCUT2D eigenvalue weighted by Gasteiger charge is 2.09. The van der Waals surface area contributed by atoms with Crippen LogP contribution < -0.4 is 4.74 Å². The van der Waals surface area contributed by atoms with Crippen LogP contribution in [0.1, 0.15) is 56.8 Å². The Labute approximate surface area is 161 Å². The van der Waals surface area contributed by atoms with Crippen LogP contribution in [0.2, 0.25) is 0 Å². The van der Waals surface area contributed by atoms with Crippen LogP contribution >= 0.6 is 0 Å². The van der Waals surface area contributed by atoms with Crippen LogP contribution in [0.3, 0.4) is 0 Å². The van der Waals surface area contributed by atoms with E-state index >= 15 is 0 Å². The molecule has 2 aromatic rings. The van der Waals surface area contributed by atoms with Crippen LogP contribution in [0.4, 0.5) is 0 Å². The van der Waals surface area contributed by atoms with Crippen molar-refractivity contribution in [3.05, 3.63) is 54.1 Å². The molecule has 0 aliphatic carbocycles. The zero-order valence-corrected chi connectivity index (χ0v) is 16.4. The molecule has 0 radical (unpaired) electrons. The molecule has 27 heavy (non-hydrogen) atoms. The highest BCUT2D eigenvalue weighted by molar-refractivity contribution is 5.90. The predicted octanol–water partition coefficient (Wildman–Crippen LogP) is 5.65. The fourth-order valence-corrected chi connectivity index (χ4v) is 2.54. The summed E-state index contributed by atoms with van der Waals surface area (Å²) >= 11 is 0. The summed E-state index contributed by atoms with van der Waals surface area (Å²) in [5.41, 5.74) is 2.52. The van der Waals surface area contributed by atoms with Crippen LogP contribution in [0.15, 0.2) is 48.5 Å². The molecule has 4 nitrogen and oxygen atoms in total. The van der Waals surface area contributed by atoms with Crippen molar-refractivity contribution in [3.8, 4) is 16.9 Å². The number of benzene rings is 2. The maximum atomic E-state index is 12.1. The summed E-state index contributed by atoms with van der Waals surface area (Å²) < 4.78 is 10.6. The Morgan fingerprint density at radius 3 is 2.07 bits per heavy atom. The minimum Gasteiger partial charge on any atom is -0.462 e. The first-order valence-electron chi connectivity index (χ1n) is 9.61. The topological polar surface area (TPSA) is 52.6 Å². The molecular weight excluding hydrogens is 340 g/mol. The monoisotopic (exact) mass is 368 g/mol. The molecule has 4 heteroatoms. The average molecular weight is 368 g/mol. The van der Waals surface area contributed by atoms with Gasteiger partial charge in [0, 0.05) is 6.42 Å². The number of rotatable bonds is 9. The lowest BCUT2D eigenvalue weighted by Crippen LogP contribution is -2.08. The predicted molar refractivity (Wildman–Crippen MR) is 107 cm³/mol. The molecule has 0 saturated carbocycles. The van der Waals surface area contributed by atoms with E-state index in [2.05, 4.69) is 13.8 Å². The van der Waals surface area contributed by atoms with Crippen LogP contribution in [0, 0.1) is 5.92 Å². The summed E-state index contributed by atoms with van der Waals surface area (Å²) in [6, 6.07) is 14.7. The molecule has 2 rings (SSSR count). The molecular formula is C23H28O4. The van der Waals surface area contributed by atoms with Gasteiger partial charge >= 0.3 is 11.9 Å². The molecule has 0 heterocycles. The Hall–Kier alpha value is -2.62. The first kappa shape index (κ1) is 20.7. The normalized spacial score (nSPS) is 11.7. The zero-order chi connectivity index (χ0) is 19.6. The van der Waals surface area contributed by atoms with Crippen molar-refractivity contribution in [1.82, 2.24) is 0 Å². The van der Waals surface area contributed by atoms with Gasteiger partial charge in [0.05, 0.1) is 12.2 Å². The summed E-state index contributed by atoms with van der Waals surface area (Å²) in [7, 11) is 0. The molecule has 0 fully saturated rings. The second kappa shape index (κ2) is 10.5. The van der Waals surface area contributed by atoms with Gasteiger partial charge in [-0.1, -0.05) is 51.5 Å². The highest BCUT2D eigenvalue weighted by Crippen LogP contribution is 2.23. The first-order valence-corrected chi connectivity index (χ1v) is 9.61. The minimum absolute atomic E-state index is 0.221. The van der Waals surface area contributed by atoms with Gasteiger partial charge in [-0.3, -0.25) is 4.79 Å². The Balaban J connectivity index is 1.94. The Morgan fingerprint density at radius 1 is 0.926 bits per heavy atom. The Morgan fingerprint density at radius 2 is 1.52 bits per heavy atom. The number of carbonyl (C=O) groups excluding carboxylic acids is 2. The minimum atomic E-state index is -0.289. The molecule has 0 saturated heterocycles. The lowest BCUT2D eigenvalue weighted by Gasteiger charge is -2.09. The third kappa shape index (κ3) is 6.55. The van der Waals surface area contributed by atoms with E-state index in [0.29, 0.717) is 30.3 Å². The van der Waals surface area contributed by atoms with E-state index in [1.165, 1.54) is 0 Å². The molecule has 2 aromatic carbocycles. The van der Waals surface area contributed by atoms with E-state index in [1.807, 2.05) is 31.2 Å². The van der Waals surface area contributed by atoms with Crippen molar-refractivity contribution in [2.75, 3.05) is 6.61 Å². The molecule has 0 aromatic heterocycles. The lowest BCUT2D eigenvalue weighted by atomic mass is 10.0. The van der Waals surface area contributed by atoms with E-state index in [4.69, 9.17) is 9.47 Å². The summed E-state index contributed by atoms with van der Waals surface area (Å²) in [4.78, 5) is 23.6. The van der Waals surface area contributed by atoms with Gasteiger partial charge < -0.3 is 9.47 Å². The van der Waals surface area contributed by atoms with E-state index in [-0.39, 0.29) is 11.9 Å². The maximum Gasteiger partial charge on any atom is 0.338 e. The number of ether oxygens (including phenoxy) is 2.